The minimum atomic E-state index is -3.99. The third-order valence-corrected chi connectivity index (χ3v) is 5.76. The molecule has 0 aliphatic rings. The van der Waals surface area contributed by atoms with Crippen LogP contribution < -0.4 is 4.72 Å². The number of aromatic amines is 1. The van der Waals surface area contributed by atoms with Gasteiger partial charge < -0.3 is 4.98 Å². The highest BCUT2D eigenvalue weighted by molar-refractivity contribution is 9.10. The van der Waals surface area contributed by atoms with Crippen LogP contribution >= 0.6 is 15.9 Å². The fourth-order valence-electron chi connectivity index (χ4n) is 2.67. The van der Waals surface area contributed by atoms with Gasteiger partial charge in [-0.2, -0.15) is 5.26 Å². The molecule has 0 saturated heterocycles. The van der Waals surface area contributed by atoms with Crippen molar-refractivity contribution < 1.29 is 8.42 Å². The third kappa shape index (κ3) is 3.66. The van der Waals surface area contributed by atoms with E-state index in [4.69, 9.17) is 0 Å². The maximum atomic E-state index is 12.7. The lowest BCUT2D eigenvalue weighted by atomic mass is 10.1. The van der Waals surface area contributed by atoms with Gasteiger partial charge in [0, 0.05) is 27.1 Å². The van der Waals surface area contributed by atoms with E-state index in [0.29, 0.717) is 11.3 Å². The van der Waals surface area contributed by atoms with Crippen molar-refractivity contribution in [2.75, 3.05) is 4.72 Å². The van der Waals surface area contributed by atoms with Gasteiger partial charge in [0.25, 0.3) is 10.0 Å². The SMILES string of the molecule is Cc1ccc(NS(=O)(=O)C(C#N)=Cc2c[nH]c3ccc(Br)cc23)c(C)c1. The van der Waals surface area contributed by atoms with Crippen molar-refractivity contribution in [1.29, 1.82) is 5.26 Å². The molecule has 0 radical (unpaired) electrons. The molecule has 0 saturated carbocycles. The van der Waals surface area contributed by atoms with Crippen LogP contribution in [0.1, 0.15) is 16.7 Å². The number of fused-ring (bicyclic) bond motifs is 1. The number of hydrogen-bond acceptors (Lipinski definition) is 3. The van der Waals surface area contributed by atoms with Crippen molar-refractivity contribution in [1.82, 2.24) is 4.98 Å². The number of H-pyrrole nitrogens is 1. The minimum absolute atomic E-state index is 0.349. The number of nitrogens with zero attached hydrogens (tertiary/aromatic N) is 1. The summed E-state index contributed by atoms with van der Waals surface area (Å²) < 4.78 is 28.7. The van der Waals surface area contributed by atoms with Crippen molar-refractivity contribution in [3.63, 3.8) is 0 Å². The molecule has 3 rings (SSSR count). The average molecular weight is 430 g/mol. The van der Waals surface area contributed by atoms with E-state index in [1.54, 1.807) is 18.3 Å². The first-order chi connectivity index (χ1) is 12.3. The predicted molar refractivity (Wildman–Crippen MR) is 108 cm³/mol. The number of hydrogen-bond donors (Lipinski definition) is 2. The molecule has 1 heterocycles. The summed E-state index contributed by atoms with van der Waals surface area (Å²) in [5, 5.41) is 10.2. The molecule has 0 aliphatic carbocycles. The molecular formula is C19H16BrN3O2S. The molecule has 0 atom stereocenters. The van der Waals surface area contributed by atoms with Crippen LogP contribution in [0.5, 0.6) is 0 Å². The lowest BCUT2D eigenvalue weighted by Crippen LogP contribution is -2.15. The third-order valence-electron chi connectivity index (χ3n) is 3.99. The molecule has 0 aliphatic heterocycles. The molecule has 2 N–H and O–H groups in total. The number of benzene rings is 2. The van der Waals surface area contributed by atoms with Crippen molar-refractivity contribution >= 4 is 48.6 Å². The Morgan fingerprint density at radius 1 is 1.23 bits per heavy atom. The first-order valence-electron chi connectivity index (χ1n) is 7.78. The molecule has 0 amide bonds. The Labute approximate surface area is 160 Å². The molecule has 0 bridgehead atoms. The number of aromatic nitrogens is 1. The Bertz CT molecular complexity index is 1170. The summed E-state index contributed by atoms with van der Waals surface area (Å²) in [4.78, 5) is 2.72. The van der Waals surface area contributed by atoms with E-state index in [-0.39, 0.29) is 4.91 Å². The second-order valence-corrected chi connectivity index (χ2v) is 8.54. The van der Waals surface area contributed by atoms with Gasteiger partial charge in [0.15, 0.2) is 4.91 Å². The quantitative estimate of drug-likeness (QED) is 0.580. The van der Waals surface area contributed by atoms with E-state index in [1.807, 2.05) is 44.2 Å². The molecule has 3 aromatic rings. The van der Waals surface area contributed by atoms with E-state index in [9.17, 15) is 13.7 Å². The molecule has 0 unspecified atom stereocenters. The standard InChI is InChI=1S/C19H16BrN3O2S/c1-12-3-5-18(13(2)7-12)23-26(24,25)16(10-21)8-14-11-22-19-6-4-15(20)9-17(14)19/h3-9,11,22-23H,1-2H3. The first-order valence-corrected chi connectivity index (χ1v) is 10.1. The number of sulfonamides is 1. The molecule has 5 nitrogen and oxygen atoms in total. The maximum Gasteiger partial charge on any atom is 0.272 e. The number of nitrogens with one attached hydrogen (secondary N) is 2. The summed E-state index contributed by atoms with van der Waals surface area (Å²) in [6, 6.07) is 12.8. The maximum absolute atomic E-state index is 12.7. The summed E-state index contributed by atoms with van der Waals surface area (Å²) in [7, 11) is -3.99. The van der Waals surface area contributed by atoms with Gasteiger partial charge >= 0.3 is 0 Å². The Hall–Kier alpha value is -2.56. The molecule has 0 fully saturated rings. The van der Waals surface area contributed by atoms with E-state index in [1.165, 1.54) is 6.08 Å². The van der Waals surface area contributed by atoms with Crippen molar-refractivity contribution in [2.45, 2.75) is 13.8 Å². The van der Waals surface area contributed by atoms with Crippen LogP contribution in [0.2, 0.25) is 0 Å². The summed E-state index contributed by atoms with van der Waals surface area (Å²) >= 11 is 3.40. The van der Waals surface area contributed by atoms with E-state index in [0.717, 1.165) is 26.5 Å². The summed E-state index contributed by atoms with van der Waals surface area (Å²) in [5.74, 6) is 0. The zero-order valence-corrected chi connectivity index (χ0v) is 16.6. The van der Waals surface area contributed by atoms with Gasteiger partial charge in [-0.3, -0.25) is 4.72 Å². The van der Waals surface area contributed by atoms with E-state index >= 15 is 0 Å². The Morgan fingerprint density at radius 3 is 2.69 bits per heavy atom. The molecule has 1 aromatic heterocycles. The van der Waals surface area contributed by atoms with E-state index in [2.05, 4.69) is 25.6 Å². The highest BCUT2D eigenvalue weighted by Crippen LogP contribution is 2.26. The topological polar surface area (TPSA) is 85.8 Å². The largest absolute Gasteiger partial charge is 0.361 e. The van der Waals surface area contributed by atoms with Gasteiger partial charge in [0.1, 0.15) is 6.07 Å². The smallest absolute Gasteiger partial charge is 0.272 e. The number of aryl methyl sites for hydroxylation is 2. The van der Waals surface area contributed by atoms with Crippen molar-refractivity contribution in [3.05, 3.63) is 68.7 Å². The van der Waals surface area contributed by atoms with E-state index < -0.39 is 10.0 Å². The van der Waals surface area contributed by atoms with Gasteiger partial charge in [0.05, 0.1) is 5.69 Å². The monoisotopic (exact) mass is 429 g/mol. The number of halogens is 1. The van der Waals surface area contributed by atoms with Crippen molar-refractivity contribution in [3.8, 4) is 6.07 Å². The second kappa shape index (κ2) is 6.98. The number of nitriles is 1. The zero-order valence-electron chi connectivity index (χ0n) is 14.2. The van der Waals surface area contributed by atoms with Crippen LogP contribution in [0, 0.1) is 25.2 Å². The summed E-state index contributed by atoms with van der Waals surface area (Å²) in [6.45, 7) is 3.75. The highest BCUT2D eigenvalue weighted by Gasteiger charge is 2.19. The molecule has 26 heavy (non-hydrogen) atoms. The summed E-state index contributed by atoms with van der Waals surface area (Å²) in [6.07, 6.45) is 3.05. The lowest BCUT2D eigenvalue weighted by molar-refractivity contribution is 0.608. The number of anilines is 1. The number of rotatable bonds is 4. The van der Waals surface area contributed by atoms with Gasteiger partial charge in [0.2, 0.25) is 0 Å². The Kier molecular flexibility index (Phi) is 4.90. The zero-order chi connectivity index (χ0) is 18.9. The molecular weight excluding hydrogens is 414 g/mol. The number of allylic oxidation sites excluding steroid dienone is 1. The minimum Gasteiger partial charge on any atom is -0.361 e. The lowest BCUT2D eigenvalue weighted by Gasteiger charge is -2.10. The van der Waals surface area contributed by atoms with Crippen LogP contribution in [0.25, 0.3) is 17.0 Å². The van der Waals surface area contributed by atoms with Crippen LogP contribution in [0.3, 0.4) is 0 Å². The summed E-state index contributed by atoms with van der Waals surface area (Å²) in [5.41, 5.74) is 3.77. The van der Waals surface area contributed by atoms with Gasteiger partial charge in [-0.15, -0.1) is 0 Å². The fraction of sp³-hybridized carbons (Fsp3) is 0.105. The van der Waals surface area contributed by atoms with Crippen LogP contribution in [0.15, 0.2) is 52.0 Å². The average Bonchev–Trinajstić information content (AvgIpc) is 2.97. The van der Waals surface area contributed by atoms with Gasteiger partial charge in [-0.05, 0) is 49.8 Å². The Balaban J connectivity index is 2.02. The Morgan fingerprint density at radius 2 is 2.00 bits per heavy atom. The predicted octanol–water partition coefficient (Wildman–Crippen LogP) is 4.85. The van der Waals surface area contributed by atoms with Crippen LogP contribution in [-0.2, 0) is 10.0 Å². The van der Waals surface area contributed by atoms with Crippen LogP contribution in [-0.4, -0.2) is 13.4 Å². The van der Waals surface area contributed by atoms with Crippen molar-refractivity contribution in [2.24, 2.45) is 0 Å². The fourth-order valence-corrected chi connectivity index (χ4v) is 4.06. The molecule has 0 spiro atoms. The highest BCUT2D eigenvalue weighted by atomic mass is 79.9. The normalized spacial score (nSPS) is 12.2. The van der Waals surface area contributed by atoms with Crippen LogP contribution in [0.4, 0.5) is 5.69 Å². The van der Waals surface area contributed by atoms with Gasteiger partial charge in [-0.1, -0.05) is 33.6 Å². The first kappa shape index (κ1) is 18.2. The molecule has 132 valence electrons. The molecule has 2 aromatic carbocycles. The molecule has 7 heteroatoms. The van der Waals surface area contributed by atoms with Gasteiger partial charge in [-0.25, -0.2) is 8.42 Å². The second-order valence-electron chi connectivity index (χ2n) is 5.98.